The molecule has 1 aromatic carbocycles. The lowest BCUT2D eigenvalue weighted by molar-refractivity contribution is 0.947. The number of imidazole rings is 1. The summed E-state index contributed by atoms with van der Waals surface area (Å²) in [4.78, 5) is 4.15. The van der Waals surface area contributed by atoms with Crippen LogP contribution < -0.4 is 5.73 Å². The Balaban J connectivity index is 2.79. The molecule has 0 saturated heterocycles. The lowest BCUT2D eigenvalue weighted by atomic mass is 10.2. The lowest BCUT2D eigenvalue weighted by Gasteiger charge is -2.02. The quantitative estimate of drug-likeness (QED) is 0.551. The van der Waals surface area contributed by atoms with Crippen LogP contribution in [0, 0.1) is 5.41 Å². The molecule has 5 heteroatoms. The van der Waals surface area contributed by atoms with E-state index < -0.39 is 0 Å². The average molecular weight is 209 g/mol. The molecule has 0 saturated carbocycles. The Kier molecular flexibility index (Phi) is 1.93. The molecule has 0 aliphatic rings. The maximum Gasteiger partial charge on any atom is 0.124 e. The first-order valence-corrected chi connectivity index (χ1v) is 4.42. The highest BCUT2D eigenvalue weighted by atomic mass is 35.5. The minimum Gasteiger partial charge on any atom is -0.384 e. The van der Waals surface area contributed by atoms with Crippen LogP contribution in [0.3, 0.4) is 0 Å². The van der Waals surface area contributed by atoms with Gasteiger partial charge in [0, 0.05) is 12.6 Å². The van der Waals surface area contributed by atoms with Crippen molar-refractivity contribution in [1.82, 2.24) is 9.55 Å². The van der Waals surface area contributed by atoms with E-state index in [9.17, 15) is 0 Å². The number of halogens is 1. The van der Waals surface area contributed by atoms with Crippen LogP contribution in [0.25, 0.3) is 11.0 Å². The summed E-state index contributed by atoms with van der Waals surface area (Å²) in [6, 6.07) is 3.49. The van der Waals surface area contributed by atoms with Gasteiger partial charge in [0.2, 0.25) is 0 Å². The third-order valence-electron chi connectivity index (χ3n) is 2.10. The van der Waals surface area contributed by atoms with Crippen LogP contribution in [-0.4, -0.2) is 15.4 Å². The van der Waals surface area contributed by atoms with Gasteiger partial charge in [-0.05, 0) is 12.1 Å². The van der Waals surface area contributed by atoms with Gasteiger partial charge in [0.1, 0.15) is 5.84 Å². The number of benzene rings is 1. The average Bonchev–Trinajstić information content (AvgIpc) is 2.46. The molecule has 2 rings (SSSR count). The Bertz CT molecular complexity index is 515. The number of nitrogens with zero attached hydrogens (tertiary/aromatic N) is 2. The second kappa shape index (κ2) is 2.99. The van der Waals surface area contributed by atoms with E-state index in [-0.39, 0.29) is 5.84 Å². The van der Waals surface area contributed by atoms with Gasteiger partial charge in [-0.1, -0.05) is 11.6 Å². The van der Waals surface area contributed by atoms with Gasteiger partial charge in [-0.25, -0.2) is 4.98 Å². The number of nitrogens with one attached hydrogen (secondary N) is 1. The molecule has 0 radical (unpaired) electrons. The summed E-state index contributed by atoms with van der Waals surface area (Å²) in [5.74, 6) is -0.0393. The zero-order valence-corrected chi connectivity index (χ0v) is 8.34. The number of amidine groups is 1. The first kappa shape index (κ1) is 9.02. The number of aryl methyl sites for hydroxylation is 1. The summed E-state index contributed by atoms with van der Waals surface area (Å²) < 4.78 is 1.87. The minimum absolute atomic E-state index is 0.0393. The molecular weight excluding hydrogens is 200 g/mol. The summed E-state index contributed by atoms with van der Waals surface area (Å²) in [5.41, 5.74) is 7.63. The van der Waals surface area contributed by atoms with Gasteiger partial charge >= 0.3 is 0 Å². The molecule has 14 heavy (non-hydrogen) atoms. The van der Waals surface area contributed by atoms with Crippen LogP contribution in [0.15, 0.2) is 18.5 Å². The zero-order valence-electron chi connectivity index (χ0n) is 7.58. The topological polar surface area (TPSA) is 67.7 Å². The number of hydrogen-bond donors (Lipinski definition) is 2. The van der Waals surface area contributed by atoms with E-state index in [1.165, 1.54) is 0 Å². The van der Waals surface area contributed by atoms with Crippen LogP contribution >= 0.6 is 11.6 Å². The Morgan fingerprint density at radius 1 is 1.57 bits per heavy atom. The van der Waals surface area contributed by atoms with Crippen molar-refractivity contribution < 1.29 is 0 Å². The second-order valence-corrected chi connectivity index (χ2v) is 3.50. The van der Waals surface area contributed by atoms with Crippen LogP contribution in [0.2, 0.25) is 5.02 Å². The second-order valence-electron chi connectivity index (χ2n) is 3.09. The fraction of sp³-hybridized carbons (Fsp3) is 0.111. The van der Waals surface area contributed by atoms with Crippen molar-refractivity contribution in [2.45, 2.75) is 0 Å². The van der Waals surface area contributed by atoms with E-state index in [0.717, 1.165) is 11.0 Å². The fourth-order valence-electron chi connectivity index (χ4n) is 1.35. The first-order chi connectivity index (χ1) is 6.59. The van der Waals surface area contributed by atoms with E-state index in [0.29, 0.717) is 10.6 Å². The molecule has 1 aromatic heterocycles. The van der Waals surface area contributed by atoms with Gasteiger partial charge < -0.3 is 10.3 Å². The summed E-state index contributed by atoms with van der Waals surface area (Å²) in [7, 11) is 1.89. The maximum atomic E-state index is 7.32. The summed E-state index contributed by atoms with van der Waals surface area (Å²) >= 11 is 5.97. The third kappa shape index (κ3) is 1.24. The number of hydrogen-bond acceptors (Lipinski definition) is 2. The molecule has 0 fully saturated rings. The van der Waals surface area contributed by atoms with Crippen LogP contribution in [-0.2, 0) is 7.05 Å². The van der Waals surface area contributed by atoms with Crippen LogP contribution in [0.4, 0.5) is 0 Å². The van der Waals surface area contributed by atoms with Crippen molar-refractivity contribution in [3.63, 3.8) is 0 Å². The largest absolute Gasteiger partial charge is 0.384 e. The van der Waals surface area contributed by atoms with E-state index in [2.05, 4.69) is 4.98 Å². The molecule has 3 N–H and O–H groups in total. The van der Waals surface area contributed by atoms with Crippen molar-refractivity contribution in [3.8, 4) is 0 Å². The highest BCUT2D eigenvalue weighted by molar-refractivity contribution is 6.34. The number of rotatable bonds is 1. The number of aromatic nitrogens is 2. The molecule has 2 aromatic rings. The molecule has 1 heterocycles. The molecule has 0 aliphatic carbocycles. The Hall–Kier alpha value is -1.55. The molecule has 0 spiro atoms. The summed E-state index contributed by atoms with van der Waals surface area (Å²) in [6.45, 7) is 0. The maximum absolute atomic E-state index is 7.32. The van der Waals surface area contributed by atoms with E-state index in [1.807, 2.05) is 11.6 Å². The monoisotopic (exact) mass is 208 g/mol. The van der Waals surface area contributed by atoms with Crippen molar-refractivity contribution in [3.05, 3.63) is 29.0 Å². The molecule has 0 aliphatic heterocycles. The highest BCUT2D eigenvalue weighted by Crippen LogP contribution is 2.22. The fourth-order valence-corrected chi connectivity index (χ4v) is 1.61. The first-order valence-electron chi connectivity index (χ1n) is 4.04. The summed E-state index contributed by atoms with van der Waals surface area (Å²) in [5, 5.41) is 7.80. The normalized spacial score (nSPS) is 10.7. The molecule has 0 amide bonds. The predicted molar refractivity (Wildman–Crippen MR) is 56.7 cm³/mol. The molecular formula is C9H9ClN4. The van der Waals surface area contributed by atoms with Crippen molar-refractivity contribution in [2.75, 3.05) is 0 Å². The minimum atomic E-state index is -0.0393. The van der Waals surface area contributed by atoms with Crippen LogP contribution in [0.5, 0.6) is 0 Å². The Labute approximate surface area is 85.8 Å². The molecule has 0 bridgehead atoms. The van der Waals surface area contributed by atoms with Gasteiger partial charge in [0.15, 0.2) is 0 Å². The van der Waals surface area contributed by atoms with Gasteiger partial charge in [0.05, 0.1) is 22.4 Å². The highest BCUT2D eigenvalue weighted by Gasteiger charge is 2.08. The van der Waals surface area contributed by atoms with E-state index in [4.69, 9.17) is 22.7 Å². The van der Waals surface area contributed by atoms with Gasteiger partial charge in [0.25, 0.3) is 0 Å². The lowest BCUT2D eigenvalue weighted by Crippen LogP contribution is -2.11. The van der Waals surface area contributed by atoms with Gasteiger partial charge in [-0.2, -0.15) is 0 Å². The van der Waals surface area contributed by atoms with E-state index >= 15 is 0 Å². The molecule has 4 nitrogen and oxygen atoms in total. The zero-order chi connectivity index (χ0) is 10.3. The standard InChI is InChI=1S/C9H9ClN4/c1-14-4-13-7-2-5(9(11)12)6(10)3-8(7)14/h2-4H,1H3,(H3,11,12). The Morgan fingerprint density at radius 3 is 2.93 bits per heavy atom. The molecule has 0 unspecified atom stereocenters. The number of nitrogens with two attached hydrogens (primary N) is 1. The SMILES string of the molecule is Cn1cnc2cc(C(=N)N)c(Cl)cc21. The predicted octanol–water partition coefficient (Wildman–Crippen LogP) is 1.51. The van der Waals surface area contributed by atoms with Gasteiger partial charge in [-0.3, -0.25) is 5.41 Å². The number of fused-ring (bicyclic) bond motifs is 1. The van der Waals surface area contributed by atoms with Crippen LogP contribution in [0.1, 0.15) is 5.56 Å². The van der Waals surface area contributed by atoms with Crippen molar-refractivity contribution >= 4 is 28.5 Å². The summed E-state index contributed by atoms with van der Waals surface area (Å²) in [6.07, 6.45) is 1.70. The molecule has 72 valence electrons. The molecule has 0 atom stereocenters. The van der Waals surface area contributed by atoms with Gasteiger partial charge in [-0.15, -0.1) is 0 Å². The van der Waals surface area contributed by atoms with Crippen molar-refractivity contribution in [1.29, 1.82) is 5.41 Å². The van der Waals surface area contributed by atoms with Crippen molar-refractivity contribution in [2.24, 2.45) is 12.8 Å². The Morgan fingerprint density at radius 2 is 2.29 bits per heavy atom. The number of nitrogen functional groups attached to an aromatic ring is 1. The van der Waals surface area contributed by atoms with E-state index in [1.54, 1.807) is 18.5 Å². The smallest absolute Gasteiger partial charge is 0.124 e. The third-order valence-corrected chi connectivity index (χ3v) is 2.42.